The Labute approximate surface area is 139 Å². The van der Waals surface area contributed by atoms with E-state index in [1.54, 1.807) is 24.3 Å². The molecule has 24 heavy (non-hydrogen) atoms. The van der Waals surface area contributed by atoms with Gasteiger partial charge in [-0.2, -0.15) is 0 Å². The van der Waals surface area contributed by atoms with Gasteiger partial charge in [0.25, 0.3) is 0 Å². The van der Waals surface area contributed by atoms with Gasteiger partial charge in [0.05, 0.1) is 18.4 Å². The van der Waals surface area contributed by atoms with Crippen LogP contribution < -0.4 is 10.1 Å². The van der Waals surface area contributed by atoms with Gasteiger partial charge in [0.1, 0.15) is 11.6 Å². The maximum absolute atomic E-state index is 13.0. The minimum atomic E-state index is -0.557. The van der Waals surface area contributed by atoms with Crippen LogP contribution in [0, 0.1) is 11.7 Å². The number of carbonyl (C=O) groups excluding carboxylic acids is 1. The summed E-state index contributed by atoms with van der Waals surface area (Å²) < 4.78 is 18.6. The third-order valence-electron chi connectivity index (χ3n) is 4.73. The van der Waals surface area contributed by atoms with Crippen molar-refractivity contribution in [1.82, 2.24) is 0 Å². The van der Waals surface area contributed by atoms with Crippen molar-refractivity contribution in [3.63, 3.8) is 0 Å². The van der Waals surface area contributed by atoms with Gasteiger partial charge in [-0.05, 0) is 36.1 Å². The van der Waals surface area contributed by atoms with Gasteiger partial charge in [0.2, 0.25) is 5.91 Å². The van der Waals surface area contributed by atoms with E-state index in [2.05, 4.69) is 5.32 Å². The van der Waals surface area contributed by atoms with E-state index in [9.17, 15) is 14.3 Å². The number of ether oxygens (including phenoxy) is 1. The maximum Gasteiger partial charge on any atom is 0.228 e. The van der Waals surface area contributed by atoms with E-state index in [0.717, 1.165) is 12.0 Å². The second-order valence-electron chi connectivity index (χ2n) is 6.37. The van der Waals surface area contributed by atoms with Crippen LogP contribution in [0.1, 0.15) is 36.0 Å². The highest BCUT2D eigenvalue weighted by Crippen LogP contribution is 2.48. The van der Waals surface area contributed by atoms with Gasteiger partial charge >= 0.3 is 0 Å². The van der Waals surface area contributed by atoms with Crippen molar-refractivity contribution in [3.05, 3.63) is 59.4 Å². The van der Waals surface area contributed by atoms with Crippen LogP contribution in [0.2, 0.25) is 0 Å². The zero-order valence-electron chi connectivity index (χ0n) is 13.0. The molecule has 0 radical (unpaired) electrons. The fourth-order valence-electron chi connectivity index (χ4n) is 3.29. The predicted octanol–water partition coefficient (Wildman–Crippen LogP) is 3.38. The second-order valence-corrected chi connectivity index (χ2v) is 6.37. The van der Waals surface area contributed by atoms with Gasteiger partial charge in [-0.1, -0.05) is 24.3 Å². The monoisotopic (exact) mass is 327 g/mol. The van der Waals surface area contributed by atoms with Crippen LogP contribution in [0.4, 0.5) is 10.1 Å². The van der Waals surface area contributed by atoms with Crippen molar-refractivity contribution in [1.29, 1.82) is 0 Å². The number of nitrogens with one attached hydrogen (secondary N) is 1. The van der Waals surface area contributed by atoms with Crippen LogP contribution in [-0.2, 0) is 4.79 Å². The number of aliphatic hydroxyl groups is 1. The van der Waals surface area contributed by atoms with Crippen LogP contribution >= 0.6 is 0 Å². The van der Waals surface area contributed by atoms with Crippen LogP contribution in [-0.4, -0.2) is 17.6 Å². The molecule has 1 aliphatic carbocycles. The highest BCUT2D eigenvalue weighted by molar-refractivity contribution is 5.96. The van der Waals surface area contributed by atoms with Crippen LogP contribution in [0.3, 0.4) is 0 Å². The van der Waals surface area contributed by atoms with Crippen molar-refractivity contribution < 1.29 is 19.0 Å². The molecule has 5 heteroatoms. The molecule has 0 aromatic heterocycles. The summed E-state index contributed by atoms with van der Waals surface area (Å²) in [6.07, 6.45) is 0.758. The van der Waals surface area contributed by atoms with Gasteiger partial charge in [-0.3, -0.25) is 4.79 Å². The number of rotatable bonds is 3. The van der Waals surface area contributed by atoms with Crippen molar-refractivity contribution in [2.45, 2.75) is 24.9 Å². The topological polar surface area (TPSA) is 58.6 Å². The SMILES string of the molecule is O=C(Nc1cccc2c1OCC[C@@H]2O)[C@@H]1C[C@H]1c1ccc(F)cc1. The Morgan fingerprint density at radius 2 is 2.00 bits per heavy atom. The van der Waals surface area contributed by atoms with Gasteiger partial charge in [-0.15, -0.1) is 0 Å². The lowest BCUT2D eigenvalue weighted by molar-refractivity contribution is -0.117. The van der Waals surface area contributed by atoms with Gasteiger partial charge in [0, 0.05) is 17.9 Å². The molecular formula is C19H18FNO3. The Kier molecular flexibility index (Phi) is 3.73. The molecule has 1 saturated carbocycles. The summed E-state index contributed by atoms with van der Waals surface area (Å²) in [6.45, 7) is 0.433. The number of anilines is 1. The van der Waals surface area contributed by atoms with Gasteiger partial charge < -0.3 is 15.2 Å². The maximum atomic E-state index is 13.0. The van der Waals surface area contributed by atoms with E-state index in [1.807, 2.05) is 6.07 Å². The van der Waals surface area contributed by atoms with Gasteiger partial charge in [-0.25, -0.2) is 4.39 Å². The lowest BCUT2D eigenvalue weighted by atomic mass is 10.0. The van der Waals surface area contributed by atoms with Crippen molar-refractivity contribution in [3.8, 4) is 5.75 Å². The van der Waals surface area contributed by atoms with E-state index >= 15 is 0 Å². The summed E-state index contributed by atoms with van der Waals surface area (Å²) in [7, 11) is 0. The Hall–Kier alpha value is -2.40. The Morgan fingerprint density at radius 1 is 1.21 bits per heavy atom. The molecule has 1 fully saturated rings. The molecule has 1 aliphatic heterocycles. The molecule has 1 heterocycles. The molecule has 2 aromatic carbocycles. The van der Waals surface area contributed by atoms with Crippen molar-refractivity contribution >= 4 is 11.6 Å². The normalized spacial score (nSPS) is 24.7. The summed E-state index contributed by atoms with van der Waals surface area (Å²) in [6, 6.07) is 11.7. The molecule has 124 valence electrons. The van der Waals surface area contributed by atoms with E-state index < -0.39 is 6.10 Å². The molecule has 2 aliphatic rings. The number of para-hydroxylation sites is 1. The van der Waals surface area contributed by atoms with Crippen molar-refractivity contribution in [2.24, 2.45) is 5.92 Å². The third-order valence-corrected chi connectivity index (χ3v) is 4.73. The number of fused-ring (bicyclic) bond motifs is 1. The Bertz CT molecular complexity index is 775. The highest BCUT2D eigenvalue weighted by Gasteiger charge is 2.44. The first-order chi connectivity index (χ1) is 11.6. The molecule has 2 N–H and O–H groups in total. The molecular weight excluding hydrogens is 309 g/mol. The molecule has 0 bridgehead atoms. The van der Waals surface area contributed by atoms with Crippen LogP contribution in [0.15, 0.2) is 42.5 Å². The number of halogens is 1. The first kappa shape index (κ1) is 15.1. The summed E-state index contributed by atoms with van der Waals surface area (Å²) in [5.74, 6) is 0.244. The molecule has 0 saturated heterocycles. The van der Waals surface area contributed by atoms with Crippen molar-refractivity contribution in [2.75, 3.05) is 11.9 Å². The Morgan fingerprint density at radius 3 is 2.79 bits per heavy atom. The molecule has 2 aromatic rings. The predicted molar refractivity (Wildman–Crippen MR) is 87.4 cm³/mol. The number of carbonyl (C=O) groups is 1. The average molecular weight is 327 g/mol. The number of hydrogen-bond acceptors (Lipinski definition) is 3. The van der Waals surface area contributed by atoms with Gasteiger partial charge in [0.15, 0.2) is 0 Å². The number of amides is 1. The quantitative estimate of drug-likeness (QED) is 0.908. The molecule has 3 atom stereocenters. The van der Waals surface area contributed by atoms with E-state index in [0.29, 0.717) is 30.0 Å². The molecule has 0 unspecified atom stereocenters. The Balaban J connectivity index is 1.48. The van der Waals surface area contributed by atoms with E-state index in [1.165, 1.54) is 12.1 Å². The molecule has 4 rings (SSSR count). The first-order valence-electron chi connectivity index (χ1n) is 8.13. The lowest BCUT2D eigenvalue weighted by Gasteiger charge is -2.24. The van der Waals surface area contributed by atoms with Crippen LogP contribution in [0.5, 0.6) is 5.75 Å². The van der Waals surface area contributed by atoms with E-state index in [-0.39, 0.29) is 23.6 Å². The first-order valence-corrected chi connectivity index (χ1v) is 8.13. The standard InChI is InChI=1S/C19H18FNO3/c20-12-6-4-11(5-7-12)14-10-15(14)19(23)21-16-3-1-2-13-17(22)8-9-24-18(13)16/h1-7,14-15,17,22H,8-10H2,(H,21,23)/t14-,15+,17-/m0/s1. The fourth-order valence-corrected chi connectivity index (χ4v) is 3.29. The second kappa shape index (κ2) is 5.91. The smallest absolute Gasteiger partial charge is 0.228 e. The third kappa shape index (κ3) is 2.76. The summed E-state index contributed by atoms with van der Waals surface area (Å²) in [5.41, 5.74) is 2.30. The zero-order chi connectivity index (χ0) is 16.7. The fraction of sp³-hybridized carbons (Fsp3) is 0.316. The number of benzene rings is 2. The summed E-state index contributed by atoms with van der Waals surface area (Å²) in [4.78, 5) is 12.5. The molecule has 1 amide bonds. The molecule has 4 nitrogen and oxygen atoms in total. The summed E-state index contributed by atoms with van der Waals surface area (Å²) in [5, 5.41) is 12.9. The van der Waals surface area contributed by atoms with E-state index in [4.69, 9.17) is 4.74 Å². The average Bonchev–Trinajstić information content (AvgIpc) is 3.37. The minimum absolute atomic E-state index is 0.0682. The lowest BCUT2D eigenvalue weighted by Crippen LogP contribution is -2.19. The largest absolute Gasteiger partial charge is 0.491 e. The minimum Gasteiger partial charge on any atom is -0.491 e. The number of aliphatic hydroxyl groups excluding tert-OH is 1. The number of hydrogen-bond donors (Lipinski definition) is 2. The highest BCUT2D eigenvalue weighted by atomic mass is 19.1. The zero-order valence-corrected chi connectivity index (χ0v) is 13.0. The molecule has 0 spiro atoms. The van der Waals surface area contributed by atoms with Crippen LogP contribution in [0.25, 0.3) is 0 Å². The summed E-state index contributed by atoms with van der Waals surface area (Å²) >= 11 is 0.